The van der Waals surface area contributed by atoms with Gasteiger partial charge >= 0.3 is 0 Å². The minimum Gasteiger partial charge on any atom is -0.397 e. The second-order valence-electron chi connectivity index (χ2n) is 6.28. The van der Waals surface area contributed by atoms with Crippen LogP contribution in [-0.4, -0.2) is 24.8 Å². The van der Waals surface area contributed by atoms with Gasteiger partial charge in [-0.2, -0.15) is 0 Å². The van der Waals surface area contributed by atoms with Gasteiger partial charge < -0.3 is 15.4 Å². The molecule has 3 nitrogen and oxygen atoms in total. The van der Waals surface area contributed by atoms with Gasteiger partial charge in [-0.15, -0.1) is 0 Å². The summed E-state index contributed by atoms with van der Waals surface area (Å²) in [5.41, 5.74) is 8.50. The van der Waals surface area contributed by atoms with Crippen LogP contribution in [0.25, 0.3) is 0 Å². The van der Waals surface area contributed by atoms with Crippen LogP contribution in [0.3, 0.4) is 0 Å². The van der Waals surface area contributed by atoms with E-state index in [1.165, 1.54) is 31.4 Å². The highest BCUT2D eigenvalue weighted by Crippen LogP contribution is 2.44. The molecule has 2 aliphatic rings. The Morgan fingerprint density at radius 1 is 1.35 bits per heavy atom. The smallest absolute Gasteiger partial charge is 0.0702 e. The number of rotatable bonds is 4. The molecule has 1 aliphatic heterocycles. The van der Waals surface area contributed by atoms with E-state index in [0.29, 0.717) is 6.04 Å². The number of nitrogens with zero attached hydrogens (tertiary/aromatic N) is 1. The van der Waals surface area contributed by atoms with Crippen molar-refractivity contribution in [3.05, 3.63) is 24.3 Å². The molecule has 1 aromatic rings. The van der Waals surface area contributed by atoms with E-state index >= 15 is 0 Å². The SMILES string of the molecule is CCCN(c1ccccc1N)C1CCOC2(CCC2)C1. The third-order valence-electron chi connectivity index (χ3n) is 4.88. The van der Waals surface area contributed by atoms with Crippen LogP contribution >= 0.6 is 0 Å². The molecule has 1 aromatic carbocycles. The molecule has 1 atom stereocenters. The number of nitrogen functional groups attached to an aromatic ring is 1. The summed E-state index contributed by atoms with van der Waals surface area (Å²) >= 11 is 0. The molecule has 0 radical (unpaired) electrons. The highest BCUT2D eigenvalue weighted by molar-refractivity contribution is 5.67. The topological polar surface area (TPSA) is 38.5 Å². The maximum Gasteiger partial charge on any atom is 0.0702 e. The summed E-state index contributed by atoms with van der Waals surface area (Å²) in [7, 11) is 0. The lowest BCUT2D eigenvalue weighted by atomic mass is 9.73. The molecule has 1 unspecified atom stereocenters. The fourth-order valence-corrected chi connectivity index (χ4v) is 3.68. The first kappa shape index (κ1) is 13.7. The molecule has 20 heavy (non-hydrogen) atoms. The van der Waals surface area contributed by atoms with Crippen molar-refractivity contribution in [2.75, 3.05) is 23.8 Å². The molecule has 1 heterocycles. The average Bonchev–Trinajstić information content (AvgIpc) is 2.44. The first-order valence-corrected chi connectivity index (χ1v) is 7.99. The molecule has 110 valence electrons. The van der Waals surface area contributed by atoms with Crippen molar-refractivity contribution in [2.45, 2.75) is 57.1 Å². The summed E-state index contributed by atoms with van der Waals surface area (Å²) in [5, 5.41) is 0. The predicted octanol–water partition coefficient (Wildman–Crippen LogP) is 3.59. The van der Waals surface area contributed by atoms with Crippen molar-refractivity contribution in [3.8, 4) is 0 Å². The van der Waals surface area contributed by atoms with Gasteiger partial charge in [-0.3, -0.25) is 0 Å². The highest BCUT2D eigenvalue weighted by Gasteiger charge is 2.44. The van der Waals surface area contributed by atoms with Crippen LogP contribution in [0, 0.1) is 0 Å². The number of nitrogens with two attached hydrogens (primary N) is 1. The zero-order valence-corrected chi connectivity index (χ0v) is 12.5. The lowest BCUT2D eigenvalue weighted by molar-refractivity contribution is -0.132. The molecular weight excluding hydrogens is 248 g/mol. The van der Waals surface area contributed by atoms with Gasteiger partial charge in [0.05, 0.1) is 17.0 Å². The van der Waals surface area contributed by atoms with Crippen LogP contribution in [0.1, 0.15) is 45.4 Å². The normalized spacial score (nSPS) is 24.4. The first-order chi connectivity index (χ1) is 9.74. The molecule has 0 aromatic heterocycles. The summed E-state index contributed by atoms with van der Waals surface area (Å²) in [4.78, 5) is 2.53. The van der Waals surface area contributed by atoms with Gasteiger partial charge in [-0.25, -0.2) is 0 Å². The first-order valence-electron chi connectivity index (χ1n) is 7.99. The second-order valence-corrected chi connectivity index (χ2v) is 6.28. The Kier molecular flexibility index (Phi) is 3.88. The standard InChI is InChI=1S/C17H26N2O/c1-2-11-19(16-7-4-3-6-15(16)18)14-8-12-20-17(13-14)9-5-10-17/h3-4,6-7,14H,2,5,8-13,18H2,1H3. The van der Waals surface area contributed by atoms with Crippen LogP contribution in [0.2, 0.25) is 0 Å². The fourth-order valence-electron chi connectivity index (χ4n) is 3.68. The van der Waals surface area contributed by atoms with Gasteiger partial charge in [0.2, 0.25) is 0 Å². The predicted molar refractivity (Wildman–Crippen MR) is 84.0 cm³/mol. The van der Waals surface area contributed by atoms with Crippen LogP contribution in [0.4, 0.5) is 11.4 Å². The van der Waals surface area contributed by atoms with E-state index in [0.717, 1.165) is 31.7 Å². The molecule has 1 saturated carbocycles. The molecule has 0 bridgehead atoms. The van der Waals surface area contributed by atoms with Gasteiger partial charge in [-0.05, 0) is 50.7 Å². The maximum atomic E-state index is 6.20. The van der Waals surface area contributed by atoms with Crippen molar-refractivity contribution >= 4 is 11.4 Å². The van der Waals surface area contributed by atoms with Crippen LogP contribution < -0.4 is 10.6 Å². The van der Waals surface area contributed by atoms with Crippen molar-refractivity contribution < 1.29 is 4.74 Å². The molecule has 1 aliphatic carbocycles. The molecule has 0 amide bonds. The summed E-state index contributed by atoms with van der Waals surface area (Å²) < 4.78 is 6.07. The number of hydrogen-bond donors (Lipinski definition) is 1. The van der Waals surface area contributed by atoms with Gasteiger partial charge in [-0.1, -0.05) is 19.1 Å². The minimum absolute atomic E-state index is 0.193. The Balaban J connectivity index is 1.81. The average molecular weight is 274 g/mol. The Morgan fingerprint density at radius 2 is 2.15 bits per heavy atom. The number of para-hydroxylation sites is 2. The largest absolute Gasteiger partial charge is 0.397 e. The van der Waals surface area contributed by atoms with Crippen LogP contribution in [-0.2, 0) is 4.74 Å². The molecule has 1 saturated heterocycles. The van der Waals surface area contributed by atoms with Gasteiger partial charge in [0.15, 0.2) is 0 Å². The minimum atomic E-state index is 0.193. The maximum absolute atomic E-state index is 6.20. The Morgan fingerprint density at radius 3 is 2.80 bits per heavy atom. The Labute approximate surface area is 122 Å². The molecule has 2 fully saturated rings. The molecule has 2 N–H and O–H groups in total. The summed E-state index contributed by atoms with van der Waals surface area (Å²) in [6.45, 7) is 4.22. The lowest BCUT2D eigenvalue weighted by Gasteiger charge is -2.50. The summed E-state index contributed by atoms with van der Waals surface area (Å²) in [6, 6.07) is 8.85. The van der Waals surface area contributed by atoms with E-state index in [-0.39, 0.29) is 5.60 Å². The van der Waals surface area contributed by atoms with Gasteiger partial charge in [0, 0.05) is 19.2 Å². The molecule has 3 rings (SSSR count). The van der Waals surface area contributed by atoms with Crippen molar-refractivity contribution in [1.29, 1.82) is 0 Å². The summed E-state index contributed by atoms with van der Waals surface area (Å²) in [5.74, 6) is 0. The van der Waals surface area contributed by atoms with Gasteiger partial charge in [0.25, 0.3) is 0 Å². The second kappa shape index (κ2) is 5.65. The van der Waals surface area contributed by atoms with E-state index in [4.69, 9.17) is 10.5 Å². The van der Waals surface area contributed by atoms with Crippen LogP contribution in [0.5, 0.6) is 0 Å². The van der Waals surface area contributed by atoms with Gasteiger partial charge in [0.1, 0.15) is 0 Å². The number of hydrogen-bond acceptors (Lipinski definition) is 3. The van der Waals surface area contributed by atoms with E-state index in [1.807, 2.05) is 12.1 Å². The van der Waals surface area contributed by atoms with E-state index in [2.05, 4.69) is 24.0 Å². The van der Waals surface area contributed by atoms with E-state index in [1.54, 1.807) is 0 Å². The van der Waals surface area contributed by atoms with E-state index < -0.39 is 0 Å². The zero-order chi connectivity index (χ0) is 14.0. The molecule has 1 spiro atoms. The Bertz CT molecular complexity index is 456. The monoisotopic (exact) mass is 274 g/mol. The zero-order valence-electron chi connectivity index (χ0n) is 12.5. The van der Waals surface area contributed by atoms with Crippen molar-refractivity contribution in [1.82, 2.24) is 0 Å². The fraction of sp³-hybridized carbons (Fsp3) is 0.647. The van der Waals surface area contributed by atoms with E-state index in [9.17, 15) is 0 Å². The summed E-state index contributed by atoms with van der Waals surface area (Å²) in [6.07, 6.45) is 7.26. The number of benzene rings is 1. The quantitative estimate of drug-likeness (QED) is 0.853. The van der Waals surface area contributed by atoms with Crippen LogP contribution in [0.15, 0.2) is 24.3 Å². The Hall–Kier alpha value is -1.22. The van der Waals surface area contributed by atoms with Crippen molar-refractivity contribution in [3.63, 3.8) is 0 Å². The lowest BCUT2D eigenvalue weighted by Crippen LogP contribution is -2.52. The molecule has 3 heteroatoms. The molecular formula is C17H26N2O. The number of anilines is 2. The third kappa shape index (κ3) is 2.51. The number of ether oxygens (including phenoxy) is 1. The highest BCUT2D eigenvalue weighted by atomic mass is 16.5. The van der Waals surface area contributed by atoms with Crippen molar-refractivity contribution in [2.24, 2.45) is 0 Å². The third-order valence-corrected chi connectivity index (χ3v) is 4.88.